The molecule has 0 bridgehead atoms. The molecule has 0 heterocycles. The Morgan fingerprint density at radius 3 is 1.50 bits per heavy atom. The van der Waals surface area contributed by atoms with Crippen LogP contribution >= 0.6 is 0 Å². The topological polar surface area (TPSA) is 0 Å². The first-order chi connectivity index (χ1) is 5.96. The lowest BCUT2D eigenvalue weighted by Crippen LogP contribution is -2.36. The third-order valence-corrected chi connectivity index (χ3v) is 1.83. The zero-order valence-electron chi connectivity index (χ0n) is 8.51. The molecule has 5 heteroatoms. The van der Waals surface area contributed by atoms with Crippen LogP contribution in [0.4, 0.5) is 22.0 Å². The van der Waals surface area contributed by atoms with Crippen molar-refractivity contribution in [1.82, 2.24) is 0 Å². The van der Waals surface area contributed by atoms with E-state index < -0.39 is 18.5 Å². The third-order valence-electron chi connectivity index (χ3n) is 1.83. The van der Waals surface area contributed by atoms with E-state index in [2.05, 4.69) is 0 Å². The van der Waals surface area contributed by atoms with Crippen LogP contribution in [0, 0.1) is 5.41 Å². The fourth-order valence-electron chi connectivity index (χ4n) is 0.982. The molecule has 0 aromatic rings. The van der Waals surface area contributed by atoms with Gasteiger partial charge in [-0.25, -0.2) is 0 Å². The standard InChI is InChI=1S/C9H15F5/c1-7(2,3)5-4-6-8(10,11)9(12,13)14/h4-6H2,1-3H3. The largest absolute Gasteiger partial charge is 0.453 e. The molecule has 0 N–H and O–H groups in total. The van der Waals surface area contributed by atoms with Crippen molar-refractivity contribution >= 4 is 0 Å². The van der Waals surface area contributed by atoms with Crippen molar-refractivity contribution in [2.45, 2.75) is 52.1 Å². The minimum Gasteiger partial charge on any atom is -0.196 e. The maximum absolute atomic E-state index is 12.4. The predicted octanol–water partition coefficient (Wildman–Crippen LogP) is 4.40. The highest BCUT2D eigenvalue weighted by molar-refractivity contribution is 4.76. The number of halogens is 5. The van der Waals surface area contributed by atoms with Crippen molar-refractivity contribution in [3.8, 4) is 0 Å². The number of hydrogen-bond acceptors (Lipinski definition) is 0. The minimum absolute atomic E-state index is 0.115. The van der Waals surface area contributed by atoms with E-state index in [1.54, 1.807) is 20.8 Å². The van der Waals surface area contributed by atoms with Crippen molar-refractivity contribution in [3.63, 3.8) is 0 Å². The zero-order chi connectivity index (χ0) is 11.6. The van der Waals surface area contributed by atoms with Gasteiger partial charge in [0.25, 0.3) is 0 Å². The molecular weight excluding hydrogens is 203 g/mol. The van der Waals surface area contributed by atoms with Gasteiger partial charge in [-0.3, -0.25) is 0 Å². The molecule has 0 saturated heterocycles. The van der Waals surface area contributed by atoms with Gasteiger partial charge < -0.3 is 0 Å². The van der Waals surface area contributed by atoms with Crippen molar-refractivity contribution in [1.29, 1.82) is 0 Å². The van der Waals surface area contributed by atoms with E-state index in [0.717, 1.165) is 0 Å². The van der Waals surface area contributed by atoms with E-state index in [1.807, 2.05) is 0 Å². The predicted molar refractivity (Wildman–Crippen MR) is 44.3 cm³/mol. The van der Waals surface area contributed by atoms with Crippen LogP contribution in [-0.4, -0.2) is 12.1 Å². The highest BCUT2D eigenvalue weighted by Gasteiger charge is 2.56. The molecule has 0 fully saturated rings. The summed E-state index contributed by atoms with van der Waals surface area (Å²) in [6.07, 6.45) is -6.28. The Morgan fingerprint density at radius 2 is 1.21 bits per heavy atom. The van der Waals surface area contributed by atoms with E-state index in [-0.39, 0.29) is 11.8 Å². The molecule has 0 atom stereocenters. The summed E-state index contributed by atoms with van der Waals surface area (Å²) in [5.74, 6) is -4.54. The lowest BCUT2D eigenvalue weighted by Gasteiger charge is -2.22. The van der Waals surface area contributed by atoms with Crippen molar-refractivity contribution in [3.05, 3.63) is 0 Å². The summed E-state index contributed by atoms with van der Waals surface area (Å²) in [4.78, 5) is 0. The maximum atomic E-state index is 12.4. The van der Waals surface area contributed by atoms with Crippen LogP contribution in [0.15, 0.2) is 0 Å². The Labute approximate surface area is 80.5 Å². The SMILES string of the molecule is CC(C)(C)CCCC(F)(F)C(F)(F)F. The van der Waals surface area contributed by atoms with Crippen LogP contribution in [0.2, 0.25) is 0 Å². The first-order valence-corrected chi connectivity index (χ1v) is 4.40. The fourth-order valence-corrected chi connectivity index (χ4v) is 0.982. The Bertz CT molecular complexity index is 175. The second-order valence-corrected chi connectivity index (χ2v) is 4.62. The van der Waals surface area contributed by atoms with E-state index >= 15 is 0 Å². The number of alkyl halides is 5. The van der Waals surface area contributed by atoms with E-state index in [9.17, 15) is 22.0 Å². The fraction of sp³-hybridized carbons (Fsp3) is 1.00. The van der Waals surface area contributed by atoms with Gasteiger partial charge in [-0.15, -0.1) is 0 Å². The zero-order valence-corrected chi connectivity index (χ0v) is 8.51. The van der Waals surface area contributed by atoms with Crippen molar-refractivity contribution in [2.24, 2.45) is 5.41 Å². The summed E-state index contributed by atoms with van der Waals surface area (Å²) >= 11 is 0. The normalized spacial score (nSPS) is 14.6. The summed E-state index contributed by atoms with van der Waals surface area (Å²) < 4.78 is 59.9. The van der Waals surface area contributed by atoms with Crippen LogP contribution in [0.1, 0.15) is 40.0 Å². The molecule has 14 heavy (non-hydrogen) atoms. The molecule has 0 radical (unpaired) electrons. The van der Waals surface area contributed by atoms with Gasteiger partial charge in [0.1, 0.15) is 0 Å². The lowest BCUT2D eigenvalue weighted by molar-refractivity contribution is -0.284. The molecular formula is C9H15F5. The molecule has 0 nitrogen and oxygen atoms in total. The van der Waals surface area contributed by atoms with Gasteiger partial charge in [0.05, 0.1) is 0 Å². The monoisotopic (exact) mass is 218 g/mol. The van der Waals surface area contributed by atoms with Crippen molar-refractivity contribution < 1.29 is 22.0 Å². The summed E-state index contributed by atoms with van der Waals surface area (Å²) in [7, 11) is 0. The van der Waals surface area contributed by atoms with Gasteiger partial charge in [0.2, 0.25) is 0 Å². The van der Waals surface area contributed by atoms with Crippen LogP contribution in [-0.2, 0) is 0 Å². The number of rotatable bonds is 3. The Balaban J connectivity index is 4.02. The van der Waals surface area contributed by atoms with Gasteiger partial charge in [-0.05, 0) is 18.3 Å². The molecule has 0 aromatic heterocycles. The molecule has 0 amide bonds. The van der Waals surface area contributed by atoms with E-state index in [1.165, 1.54) is 0 Å². The summed E-state index contributed by atoms with van der Waals surface area (Å²) in [6, 6.07) is 0. The summed E-state index contributed by atoms with van der Waals surface area (Å²) in [5, 5.41) is 0. The van der Waals surface area contributed by atoms with Gasteiger partial charge in [0.15, 0.2) is 0 Å². The molecule has 0 aliphatic carbocycles. The second kappa shape index (κ2) is 4.03. The van der Waals surface area contributed by atoms with Gasteiger partial charge in [-0.1, -0.05) is 20.8 Å². The highest BCUT2D eigenvalue weighted by atomic mass is 19.4. The average Bonchev–Trinajstić information content (AvgIpc) is 1.80. The summed E-state index contributed by atoms with van der Waals surface area (Å²) in [5.41, 5.74) is -0.207. The number of hydrogen-bond donors (Lipinski definition) is 0. The van der Waals surface area contributed by atoms with Crippen LogP contribution < -0.4 is 0 Å². The smallest absolute Gasteiger partial charge is 0.196 e. The first-order valence-electron chi connectivity index (χ1n) is 4.40. The Kier molecular flexibility index (Phi) is 3.93. The Hall–Kier alpha value is -0.350. The lowest BCUT2D eigenvalue weighted by atomic mass is 9.89. The molecule has 0 aromatic carbocycles. The molecule has 86 valence electrons. The molecule has 0 unspecified atom stereocenters. The molecule has 0 spiro atoms. The van der Waals surface area contributed by atoms with Crippen LogP contribution in [0.5, 0.6) is 0 Å². The molecule has 0 saturated carbocycles. The molecule has 0 aliphatic rings. The maximum Gasteiger partial charge on any atom is 0.453 e. The third kappa shape index (κ3) is 4.77. The quantitative estimate of drug-likeness (QED) is 0.616. The van der Waals surface area contributed by atoms with Crippen molar-refractivity contribution in [2.75, 3.05) is 0 Å². The van der Waals surface area contributed by atoms with E-state index in [4.69, 9.17) is 0 Å². The minimum atomic E-state index is -5.41. The van der Waals surface area contributed by atoms with Crippen LogP contribution in [0.3, 0.4) is 0 Å². The van der Waals surface area contributed by atoms with Gasteiger partial charge >= 0.3 is 12.1 Å². The highest BCUT2D eigenvalue weighted by Crippen LogP contribution is 2.40. The first kappa shape index (κ1) is 13.7. The van der Waals surface area contributed by atoms with Gasteiger partial charge in [-0.2, -0.15) is 22.0 Å². The average molecular weight is 218 g/mol. The van der Waals surface area contributed by atoms with Gasteiger partial charge in [0, 0.05) is 6.42 Å². The van der Waals surface area contributed by atoms with E-state index in [0.29, 0.717) is 6.42 Å². The molecule has 0 rings (SSSR count). The molecule has 0 aliphatic heterocycles. The Morgan fingerprint density at radius 1 is 0.786 bits per heavy atom. The second-order valence-electron chi connectivity index (χ2n) is 4.62. The van der Waals surface area contributed by atoms with Crippen LogP contribution in [0.25, 0.3) is 0 Å². The summed E-state index contributed by atoms with van der Waals surface area (Å²) in [6.45, 7) is 5.41.